The summed E-state index contributed by atoms with van der Waals surface area (Å²) in [5.41, 5.74) is 0. The highest BCUT2D eigenvalue weighted by Gasteiger charge is 2.19. The van der Waals surface area contributed by atoms with Gasteiger partial charge in [-0.25, -0.2) is 0 Å². The Kier molecular flexibility index (Phi) is 46.9. The second-order valence-electron chi connectivity index (χ2n) is 16.7. The summed E-state index contributed by atoms with van der Waals surface area (Å²) in [6.07, 6.45) is 61.7. The smallest absolute Gasteiger partial charge is 0.306 e. The lowest BCUT2D eigenvalue weighted by Crippen LogP contribution is -2.30. The van der Waals surface area contributed by atoms with Crippen LogP contribution in [0.3, 0.4) is 0 Å². The SMILES string of the molecule is CC/C=C\C/C=C\C/C=C\CCCCCCCC(=O)OC[C@H](COC(=O)CCCCCCCCCCCCC)OC(=O)CCC/C=C\C/C=C\C/C=C\CCCCCCCC. The molecule has 61 heavy (non-hydrogen) atoms. The number of rotatable bonds is 45. The fourth-order valence-electron chi connectivity index (χ4n) is 6.88. The molecule has 0 rings (SSSR count). The van der Waals surface area contributed by atoms with Crippen molar-refractivity contribution >= 4 is 17.9 Å². The quantitative estimate of drug-likeness (QED) is 0.0263. The molecule has 6 heteroatoms. The van der Waals surface area contributed by atoms with Gasteiger partial charge in [-0.2, -0.15) is 0 Å². The van der Waals surface area contributed by atoms with E-state index >= 15 is 0 Å². The summed E-state index contributed by atoms with van der Waals surface area (Å²) in [4.78, 5) is 37.9. The molecule has 0 radical (unpaired) electrons. The molecule has 0 aliphatic heterocycles. The highest BCUT2D eigenvalue weighted by Crippen LogP contribution is 2.14. The highest BCUT2D eigenvalue weighted by atomic mass is 16.6. The summed E-state index contributed by atoms with van der Waals surface area (Å²) in [6.45, 7) is 6.45. The van der Waals surface area contributed by atoms with Crippen molar-refractivity contribution in [1.29, 1.82) is 0 Å². The molecule has 0 fully saturated rings. The lowest BCUT2D eigenvalue weighted by molar-refractivity contribution is -0.167. The molecule has 0 saturated heterocycles. The second kappa shape index (κ2) is 49.5. The van der Waals surface area contributed by atoms with Crippen LogP contribution in [0.2, 0.25) is 0 Å². The molecule has 0 bridgehead atoms. The number of ether oxygens (including phenoxy) is 3. The third-order valence-electron chi connectivity index (χ3n) is 10.7. The van der Waals surface area contributed by atoms with Crippen molar-refractivity contribution in [2.45, 2.75) is 245 Å². The molecule has 0 N–H and O–H groups in total. The predicted molar refractivity (Wildman–Crippen MR) is 261 cm³/mol. The van der Waals surface area contributed by atoms with Crippen molar-refractivity contribution in [3.63, 3.8) is 0 Å². The number of carbonyl (C=O) groups is 3. The molecular weight excluding hydrogens is 757 g/mol. The zero-order valence-electron chi connectivity index (χ0n) is 39.9. The Balaban J connectivity index is 4.48. The van der Waals surface area contributed by atoms with E-state index < -0.39 is 6.10 Å². The average Bonchev–Trinajstić information content (AvgIpc) is 3.26. The van der Waals surface area contributed by atoms with Crippen molar-refractivity contribution in [2.75, 3.05) is 13.2 Å². The maximum atomic E-state index is 12.8. The Morgan fingerprint density at radius 1 is 0.344 bits per heavy atom. The molecule has 0 saturated carbocycles. The van der Waals surface area contributed by atoms with Gasteiger partial charge in [0.25, 0.3) is 0 Å². The van der Waals surface area contributed by atoms with Crippen molar-refractivity contribution in [3.05, 3.63) is 72.9 Å². The molecule has 0 heterocycles. The Bertz CT molecular complexity index is 1160. The van der Waals surface area contributed by atoms with Crippen molar-refractivity contribution in [1.82, 2.24) is 0 Å². The number of hydrogen-bond acceptors (Lipinski definition) is 6. The first-order valence-corrected chi connectivity index (χ1v) is 25.4. The summed E-state index contributed by atoms with van der Waals surface area (Å²) < 4.78 is 16.7. The van der Waals surface area contributed by atoms with Gasteiger partial charge in [-0.05, 0) is 83.5 Å². The number of hydrogen-bond donors (Lipinski definition) is 0. The number of allylic oxidation sites excluding steroid dienone is 12. The van der Waals surface area contributed by atoms with Crippen LogP contribution in [0.25, 0.3) is 0 Å². The minimum Gasteiger partial charge on any atom is -0.462 e. The molecule has 0 aliphatic carbocycles. The van der Waals surface area contributed by atoms with E-state index in [9.17, 15) is 14.4 Å². The zero-order chi connectivity index (χ0) is 44.4. The van der Waals surface area contributed by atoms with Gasteiger partial charge in [0.2, 0.25) is 0 Å². The fraction of sp³-hybridized carbons (Fsp3) is 0.727. The van der Waals surface area contributed by atoms with E-state index in [2.05, 4.69) is 93.7 Å². The Morgan fingerprint density at radius 3 is 1.05 bits per heavy atom. The van der Waals surface area contributed by atoms with Gasteiger partial charge < -0.3 is 14.2 Å². The first-order chi connectivity index (χ1) is 30.0. The summed E-state index contributed by atoms with van der Waals surface area (Å²) in [6, 6.07) is 0. The second-order valence-corrected chi connectivity index (χ2v) is 16.7. The molecular formula is C55H94O6. The summed E-state index contributed by atoms with van der Waals surface area (Å²) in [7, 11) is 0. The first kappa shape index (κ1) is 57.9. The van der Waals surface area contributed by atoms with Gasteiger partial charge in [-0.1, -0.05) is 209 Å². The molecule has 0 aromatic rings. The molecule has 0 aromatic heterocycles. The lowest BCUT2D eigenvalue weighted by Gasteiger charge is -2.18. The van der Waals surface area contributed by atoms with Crippen LogP contribution in [0.15, 0.2) is 72.9 Å². The molecule has 0 aliphatic rings. The van der Waals surface area contributed by atoms with E-state index in [1.54, 1.807) is 0 Å². The van der Waals surface area contributed by atoms with Gasteiger partial charge in [0.1, 0.15) is 13.2 Å². The van der Waals surface area contributed by atoms with Crippen LogP contribution >= 0.6 is 0 Å². The van der Waals surface area contributed by atoms with E-state index in [-0.39, 0.29) is 37.5 Å². The van der Waals surface area contributed by atoms with E-state index in [4.69, 9.17) is 14.2 Å². The summed E-state index contributed by atoms with van der Waals surface area (Å²) in [5.74, 6) is -0.970. The minimum atomic E-state index is -0.806. The van der Waals surface area contributed by atoms with Crippen LogP contribution < -0.4 is 0 Å². The molecule has 6 nitrogen and oxygen atoms in total. The van der Waals surface area contributed by atoms with Crippen LogP contribution in [0, 0.1) is 0 Å². The maximum Gasteiger partial charge on any atom is 0.306 e. The lowest BCUT2D eigenvalue weighted by atomic mass is 10.1. The van der Waals surface area contributed by atoms with E-state index in [1.807, 2.05) is 0 Å². The number of carbonyl (C=O) groups excluding carboxylic acids is 3. The van der Waals surface area contributed by atoms with Crippen LogP contribution in [-0.2, 0) is 28.6 Å². The zero-order valence-corrected chi connectivity index (χ0v) is 39.9. The highest BCUT2D eigenvalue weighted by molar-refractivity contribution is 5.71. The molecule has 1 atom stereocenters. The maximum absolute atomic E-state index is 12.8. The standard InChI is InChI=1S/C55H94O6/c1-4-7-10-13-16-19-22-24-26-27-29-31-34-37-40-43-46-49-55(58)61-52(50-59-53(56)47-44-41-38-35-32-21-18-15-12-9-6-3)51-60-54(57)48-45-42-39-36-33-30-28-25-23-20-17-14-11-8-5-2/h8,11,17,20,24-26,28-29,31,37,40,52H,4-7,9-10,12-16,18-19,21-23,27,30,32-36,38-39,41-51H2,1-3H3/b11-8-,20-17-,26-24-,28-25-,31-29-,40-37-/t52-/m0/s1. The minimum absolute atomic E-state index is 0.0998. The van der Waals surface area contributed by atoms with Crippen LogP contribution in [-0.4, -0.2) is 37.2 Å². The van der Waals surface area contributed by atoms with E-state index in [0.29, 0.717) is 19.3 Å². The Labute approximate surface area is 376 Å². The largest absolute Gasteiger partial charge is 0.462 e. The predicted octanol–water partition coefficient (Wildman–Crippen LogP) is 16.6. The molecule has 0 aromatic carbocycles. The van der Waals surface area contributed by atoms with Gasteiger partial charge in [0, 0.05) is 19.3 Å². The van der Waals surface area contributed by atoms with Gasteiger partial charge in [0.05, 0.1) is 0 Å². The molecule has 350 valence electrons. The first-order valence-electron chi connectivity index (χ1n) is 25.4. The molecule has 0 spiro atoms. The monoisotopic (exact) mass is 851 g/mol. The van der Waals surface area contributed by atoms with Gasteiger partial charge in [0.15, 0.2) is 6.10 Å². The van der Waals surface area contributed by atoms with Gasteiger partial charge >= 0.3 is 17.9 Å². The summed E-state index contributed by atoms with van der Waals surface area (Å²) >= 11 is 0. The topological polar surface area (TPSA) is 78.9 Å². The van der Waals surface area contributed by atoms with Gasteiger partial charge in [-0.3, -0.25) is 14.4 Å². The van der Waals surface area contributed by atoms with E-state index in [1.165, 1.54) is 96.3 Å². The van der Waals surface area contributed by atoms with Gasteiger partial charge in [-0.15, -0.1) is 0 Å². The van der Waals surface area contributed by atoms with Crippen molar-refractivity contribution < 1.29 is 28.6 Å². The Morgan fingerprint density at radius 2 is 0.656 bits per heavy atom. The van der Waals surface area contributed by atoms with Crippen molar-refractivity contribution in [3.8, 4) is 0 Å². The number of esters is 3. The average molecular weight is 851 g/mol. The van der Waals surface area contributed by atoms with Crippen LogP contribution in [0.1, 0.15) is 239 Å². The third kappa shape index (κ3) is 47.7. The van der Waals surface area contributed by atoms with Crippen LogP contribution in [0.5, 0.6) is 0 Å². The normalized spacial score (nSPS) is 12.6. The third-order valence-corrected chi connectivity index (χ3v) is 10.7. The summed E-state index contributed by atoms with van der Waals surface area (Å²) in [5, 5.41) is 0. The Hall–Kier alpha value is -3.15. The fourth-order valence-corrected chi connectivity index (χ4v) is 6.88. The number of unbranched alkanes of at least 4 members (excludes halogenated alkanes) is 22. The van der Waals surface area contributed by atoms with Crippen LogP contribution in [0.4, 0.5) is 0 Å². The molecule has 0 amide bonds. The molecule has 0 unspecified atom stereocenters. The van der Waals surface area contributed by atoms with E-state index in [0.717, 1.165) is 96.3 Å². The van der Waals surface area contributed by atoms with Crippen molar-refractivity contribution in [2.24, 2.45) is 0 Å².